The highest BCUT2D eigenvalue weighted by molar-refractivity contribution is 5.95. The van der Waals surface area contributed by atoms with Gasteiger partial charge in [0.15, 0.2) is 0 Å². The minimum Gasteiger partial charge on any atom is -0.492 e. The van der Waals surface area contributed by atoms with E-state index in [1.165, 1.54) is 24.3 Å². The Morgan fingerprint density at radius 3 is 2.44 bits per heavy atom. The largest absolute Gasteiger partial charge is 0.492 e. The molecule has 1 aliphatic rings. The molecule has 1 fully saturated rings. The summed E-state index contributed by atoms with van der Waals surface area (Å²) in [7, 11) is 0. The van der Waals surface area contributed by atoms with E-state index >= 15 is 0 Å². The number of hydrogen-bond donors (Lipinski definition) is 1. The van der Waals surface area contributed by atoms with E-state index < -0.39 is 0 Å². The lowest BCUT2D eigenvalue weighted by Crippen LogP contribution is -2.41. The molecule has 1 N–H and O–H groups in total. The zero-order valence-electron chi connectivity index (χ0n) is 15.3. The summed E-state index contributed by atoms with van der Waals surface area (Å²) >= 11 is 0. The number of rotatable bonds is 5. The summed E-state index contributed by atoms with van der Waals surface area (Å²) in [6, 6.07) is 12.9. The van der Waals surface area contributed by atoms with Crippen molar-refractivity contribution in [2.75, 3.05) is 25.0 Å². The minimum atomic E-state index is -0.366. The van der Waals surface area contributed by atoms with Gasteiger partial charge in [-0.05, 0) is 56.2 Å². The highest BCUT2D eigenvalue weighted by Gasteiger charge is 2.28. The summed E-state index contributed by atoms with van der Waals surface area (Å²) in [5.41, 5.74) is 1.12. The van der Waals surface area contributed by atoms with Crippen LogP contribution in [0.25, 0.3) is 0 Å². The molecular formula is C21H23FN2O3. The Bertz CT molecular complexity index is 799. The summed E-state index contributed by atoms with van der Waals surface area (Å²) < 4.78 is 18.5. The standard InChI is InChI=1S/C21H23FN2O3/c1-2-27-19-6-4-3-5-18(19)23-20(25)15-11-13-24(14-12-15)21(26)16-7-9-17(22)10-8-16/h3-10,15H,2,11-14H2,1H3,(H,23,25). The number of halogens is 1. The molecule has 5 nitrogen and oxygen atoms in total. The topological polar surface area (TPSA) is 58.6 Å². The van der Waals surface area contributed by atoms with E-state index in [0.717, 1.165) is 0 Å². The first kappa shape index (κ1) is 18.9. The average Bonchev–Trinajstić information content (AvgIpc) is 2.70. The fourth-order valence-corrected chi connectivity index (χ4v) is 3.21. The molecule has 0 unspecified atom stereocenters. The van der Waals surface area contributed by atoms with Gasteiger partial charge in [-0.2, -0.15) is 0 Å². The number of nitrogens with zero attached hydrogens (tertiary/aromatic N) is 1. The molecule has 0 bridgehead atoms. The Kier molecular flexibility index (Phi) is 6.06. The van der Waals surface area contributed by atoms with Crippen molar-refractivity contribution in [3.05, 3.63) is 59.9 Å². The maximum atomic E-state index is 13.0. The number of benzene rings is 2. The molecule has 6 heteroatoms. The molecule has 0 saturated carbocycles. The van der Waals surface area contributed by atoms with Crippen LogP contribution in [0.2, 0.25) is 0 Å². The Labute approximate surface area is 158 Å². The van der Waals surface area contributed by atoms with E-state index in [9.17, 15) is 14.0 Å². The average molecular weight is 370 g/mol. The number of ether oxygens (including phenoxy) is 1. The number of carbonyl (C=O) groups excluding carboxylic acids is 2. The first-order valence-corrected chi connectivity index (χ1v) is 9.16. The molecule has 2 aromatic carbocycles. The molecule has 1 heterocycles. The molecule has 0 aliphatic carbocycles. The number of nitrogens with one attached hydrogen (secondary N) is 1. The molecule has 1 saturated heterocycles. The maximum absolute atomic E-state index is 13.0. The summed E-state index contributed by atoms with van der Waals surface area (Å²) in [4.78, 5) is 26.8. The number of anilines is 1. The van der Waals surface area contributed by atoms with Gasteiger partial charge in [0, 0.05) is 24.6 Å². The minimum absolute atomic E-state index is 0.0592. The number of hydrogen-bond acceptors (Lipinski definition) is 3. The molecule has 1 aliphatic heterocycles. The fraction of sp³-hybridized carbons (Fsp3) is 0.333. The molecule has 142 valence electrons. The third-order valence-corrected chi connectivity index (χ3v) is 4.69. The molecule has 0 atom stereocenters. The van der Waals surface area contributed by atoms with E-state index in [1.54, 1.807) is 4.90 Å². The van der Waals surface area contributed by atoms with Crippen molar-refractivity contribution in [3.63, 3.8) is 0 Å². The van der Waals surface area contributed by atoms with Crippen LogP contribution in [-0.2, 0) is 4.79 Å². The van der Waals surface area contributed by atoms with Crippen molar-refractivity contribution in [2.24, 2.45) is 5.92 Å². The Morgan fingerprint density at radius 1 is 1.11 bits per heavy atom. The van der Waals surface area contributed by atoms with Gasteiger partial charge in [-0.25, -0.2) is 4.39 Å². The highest BCUT2D eigenvalue weighted by atomic mass is 19.1. The van der Waals surface area contributed by atoms with Gasteiger partial charge in [0.2, 0.25) is 5.91 Å². The van der Waals surface area contributed by atoms with Crippen LogP contribution in [0.4, 0.5) is 10.1 Å². The highest BCUT2D eigenvalue weighted by Crippen LogP contribution is 2.26. The first-order valence-electron chi connectivity index (χ1n) is 9.16. The molecule has 0 spiro atoms. The summed E-state index contributed by atoms with van der Waals surface area (Å²) in [5.74, 6) is -0.0601. The van der Waals surface area contributed by atoms with Crippen LogP contribution in [0.15, 0.2) is 48.5 Å². The van der Waals surface area contributed by atoms with Crippen molar-refractivity contribution in [3.8, 4) is 5.75 Å². The Morgan fingerprint density at radius 2 is 1.78 bits per heavy atom. The van der Waals surface area contributed by atoms with Crippen LogP contribution < -0.4 is 10.1 Å². The van der Waals surface area contributed by atoms with E-state index in [2.05, 4.69) is 5.32 Å². The lowest BCUT2D eigenvalue weighted by molar-refractivity contribution is -0.121. The van der Waals surface area contributed by atoms with Crippen molar-refractivity contribution >= 4 is 17.5 Å². The fourth-order valence-electron chi connectivity index (χ4n) is 3.21. The van der Waals surface area contributed by atoms with Crippen LogP contribution in [0.3, 0.4) is 0 Å². The third-order valence-electron chi connectivity index (χ3n) is 4.69. The van der Waals surface area contributed by atoms with Crippen LogP contribution in [0.1, 0.15) is 30.1 Å². The Hall–Kier alpha value is -2.89. The van der Waals surface area contributed by atoms with Gasteiger partial charge in [-0.3, -0.25) is 9.59 Å². The van der Waals surface area contributed by atoms with Gasteiger partial charge in [0.25, 0.3) is 5.91 Å². The van der Waals surface area contributed by atoms with E-state index in [1.807, 2.05) is 31.2 Å². The monoisotopic (exact) mass is 370 g/mol. The smallest absolute Gasteiger partial charge is 0.253 e. The zero-order chi connectivity index (χ0) is 19.2. The Balaban J connectivity index is 1.56. The predicted octanol–water partition coefficient (Wildman–Crippen LogP) is 3.72. The molecule has 0 aromatic heterocycles. The van der Waals surface area contributed by atoms with E-state index in [-0.39, 0.29) is 23.5 Å². The van der Waals surface area contributed by atoms with Gasteiger partial charge in [0.1, 0.15) is 11.6 Å². The molecule has 2 aromatic rings. The third kappa shape index (κ3) is 4.64. The number of carbonyl (C=O) groups is 2. The van der Waals surface area contributed by atoms with Crippen molar-refractivity contribution in [1.82, 2.24) is 4.90 Å². The zero-order valence-corrected chi connectivity index (χ0v) is 15.3. The van der Waals surface area contributed by atoms with Crippen molar-refractivity contribution in [2.45, 2.75) is 19.8 Å². The number of likely N-dealkylation sites (tertiary alicyclic amines) is 1. The lowest BCUT2D eigenvalue weighted by Gasteiger charge is -2.31. The molecule has 3 rings (SSSR count). The van der Waals surface area contributed by atoms with Crippen LogP contribution in [0, 0.1) is 11.7 Å². The van der Waals surface area contributed by atoms with Gasteiger partial charge in [-0.15, -0.1) is 0 Å². The van der Waals surface area contributed by atoms with Crippen LogP contribution in [-0.4, -0.2) is 36.4 Å². The lowest BCUT2D eigenvalue weighted by atomic mass is 9.95. The molecule has 2 amide bonds. The van der Waals surface area contributed by atoms with Gasteiger partial charge in [0.05, 0.1) is 12.3 Å². The molecular weight excluding hydrogens is 347 g/mol. The summed E-state index contributed by atoms with van der Waals surface area (Å²) in [6.07, 6.45) is 1.19. The van der Waals surface area contributed by atoms with E-state index in [0.29, 0.717) is 49.5 Å². The van der Waals surface area contributed by atoms with E-state index in [4.69, 9.17) is 4.74 Å². The van der Waals surface area contributed by atoms with Crippen molar-refractivity contribution < 1.29 is 18.7 Å². The molecule has 27 heavy (non-hydrogen) atoms. The SMILES string of the molecule is CCOc1ccccc1NC(=O)C1CCN(C(=O)c2ccc(F)cc2)CC1. The second-order valence-electron chi connectivity index (χ2n) is 6.49. The maximum Gasteiger partial charge on any atom is 0.253 e. The van der Waals surface area contributed by atoms with Gasteiger partial charge in [-0.1, -0.05) is 12.1 Å². The second kappa shape index (κ2) is 8.66. The summed E-state index contributed by atoms with van der Waals surface area (Å²) in [6.45, 7) is 3.42. The quantitative estimate of drug-likeness (QED) is 0.873. The van der Waals surface area contributed by atoms with Crippen molar-refractivity contribution in [1.29, 1.82) is 0 Å². The van der Waals surface area contributed by atoms with Gasteiger partial charge < -0.3 is 15.0 Å². The normalized spacial score (nSPS) is 14.7. The molecule has 0 radical (unpaired) electrons. The predicted molar refractivity (Wildman–Crippen MR) is 101 cm³/mol. The number of amides is 2. The number of para-hydroxylation sites is 2. The first-order chi connectivity index (χ1) is 13.1. The summed E-state index contributed by atoms with van der Waals surface area (Å²) in [5, 5.41) is 2.94. The van der Waals surface area contributed by atoms with Crippen LogP contribution in [0.5, 0.6) is 5.75 Å². The number of piperidine rings is 1. The van der Waals surface area contributed by atoms with Gasteiger partial charge >= 0.3 is 0 Å². The van der Waals surface area contributed by atoms with Crippen LogP contribution >= 0.6 is 0 Å². The second-order valence-corrected chi connectivity index (χ2v) is 6.49.